The highest BCUT2D eigenvalue weighted by molar-refractivity contribution is 5.85. The van der Waals surface area contributed by atoms with Crippen LogP contribution in [0.25, 0.3) is 0 Å². The third-order valence-corrected chi connectivity index (χ3v) is 1.80. The van der Waals surface area contributed by atoms with E-state index in [4.69, 9.17) is 0 Å². The van der Waals surface area contributed by atoms with Gasteiger partial charge >= 0.3 is 6.18 Å². The van der Waals surface area contributed by atoms with Crippen LogP contribution >= 0.6 is 12.4 Å². The highest BCUT2D eigenvalue weighted by Gasteiger charge is 2.39. The van der Waals surface area contributed by atoms with Gasteiger partial charge in [0.05, 0.1) is 5.92 Å². The Hall–Kier alpha value is 0.0400. The van der Waals surface area contributed by atoms with Crippen molar-refractivity contribution in [2.24, 2.45) is 5.92 Å². The van der Waals surface area contributed by atoms with Gasteiger partial charge in [0.15, 0.2) is 0 Å². The minimum Gasteiger partial charge on any atom is -0.317 e. The Bertz CT molecular complexity index is 109. The highest BCUT2D eigenvalue weighted by Crippen LogP contribution is 2.31. The third kappa shape index (κ3) is 3.29. The second kappa shape index (κ2) is 4.16. The van der Waals surface area contributed by atoms with Gasteiger partial charge in [0.2, 0.25) is 0 Å². The average molecular weight is 190 g/mol. The van der Waals surface area contributed by atoms with Crippen molar-refractivity contribution < 1.29 is 13.2 Å². The second-order valence-corrected chi connectivity index (χ2v) is 2.57. The van der Waals surface area contributed by atoms with E-state index >= 15 is 0 Å². The van der Waals surface area contributed by atoms with Crippen molar-refractivity contribution in [2.45, 2.75) is 19.0 Å². The lowest BCUT2D eigenvalue weighted by Crippen LogP contribution is -2.35. The second-order valence-electron chi connectivity index (χ2n) is 2.57. The van der Waals surface area contributed by atoms with Gasteiger partial charge in [-0.1, -0.05) is 0 Å². The molecule has 0 aromatic rings. The Labute approximate surface area is 69.8 Å². The van der Waals surface area contributed by atoms with Gasteiger partial charge in [-0.25, -0.2) is 0 Å². The van der Waals surface area contributed by atoms with Crippen LogP contribution < -0.4 is 5.32 Å². The van der Waals surface area contributed by atoms with Crippen LogP contribution in [0.1, 0.15) is 12.8 Å². The molecule has 0 radical (unpaired) electrons. The van der Waals surface area contributed by atoms with Crippen molar-refractivity contribution in [3.8, 4) is 0 Å². The molecule has 0 atom stereocenters. The molecule has 1 rings (SSSR count). The minimum atomic E-state index is -3.97. The van der Waals surface area contributed by atoms with Gasteiger partial charge in [0.1, 0.15) is 0 Å². The molecular weight excluding hydrogens is 179 g/mol. The maximum Gasteiger partial charge on any atom is 0.391 e. The van der Waals surface area contributed by atoms with Crippen molar-refractivity contribution in [3.63, 3.8) is 0 Å². The minimum absolute atomic E-state index is 0. The van der Waals surface area contributed by atoms with E-state index in [1.807, 2.05) is 0 Å². The largest absolute Gasteiger partial charge is 0.391 e. The lowest BCUT2D eigenvalue weighted by Gasteiger charge is -2.24. The summed E-state index contributed by atoms with van der Waals surface area (Å²) < 4.78 is 35.7. The molecule has 0 saturated carbocycles. The zero-order chi connectivity index (χ0) is 7.61. The summed E-state index contributed by atoms with van der Waals surface area (Å²) in [6.45, 7) is 1.01. The molecule has 0 aromatic heterocycles. The molecule has 1 fully saturated rings. The summed E-state index contributed by atoms with van der Waals surface area (Å²) in [6, 6.07) is 0. The smallest absolute Gasteiger partial charge is 0.317 e. The lowest BCUT2D eigenvalue weighted by atomic mass is 9.98. The molecule has 68 valence electrons. The molecule has 0 aromatic carbocycles. The van der Waals surface area contributed by atoms with Crippen LogP contribution in [0.5, 0.6) is 0 Å². The maximum absolute atomic E-state index is 11.9. The summed E-state index contributed by atoms with van der Waals surface area (Å²) in [5.41, 5.74) is 0. The number of piperidine rings is 1. The Morgan fingerprint density at radius 2 is 1.55 bits per heavy atom. The van der Waals surface area contributed by atoms with Gasteiger partial charge in [-0.2, -0.15) is 13.2 Å². The molecule has 11 heavy (non-hydrogen) atoms. The quantitative estimate of drug-likeness (QED) is 0.615. The Morgan fingerprint density at radius 1 is 1.09 bits per heavy atom. The fourth-order valence-electron chi connectivity index (χ4n) is 1.15. The van der Waals surface area contributed by atoms with Crippen LogP contribution in [0, 0.1) is 5.92 Å². The van der Waals surface area contributed by atoms with Crippen LogP contribution in [0.4, 0.5) is 13.2 Å². The van der Waals surface area contributed by atoms with Gasteiger partial charge in [-0.3, -0.25) is 0 Å². The highest BCUT2D eigenvalue weighted by atomic mass is 35.5. The Kier molecular flexibility index (Phi) is 4.18. The normalized spacial score (nSPS) is 21.0. The fraction of sp³-hybridized carbons (Fsp3) is 1.00. The van der Waals surface area contributed by atoms with Gasteiger partial charge in [0, 0.05) is 0 Å². The third-order valence-electron chi connectivity index (χ3n) is 1.80. The SMILES string of the molecule is Cl.FC(F)(F)C1CCNCC1. The molecule has 0 bridgehead atoms. The summed E-state index contributed by atoms with van der Waals surface area (Å²) in [7, 11) is 0. The van der Waals surface area contributed by atoms with Gasteiger partial charge < -0.3 is 5.32 Å². The van der Waals surface area contributed by atoms with E-state index in [2.05, 4.69) is 5.32 Å². The van der Waals surface area contributed by atoms with Gasteiger partial charge in [0.25, 0.3) is 0 Å². The van der Waals surface area contributed by atoms with Crippen LogP contribution in [-0.2, 0) is 0 Å². The molecule has 0 spiro atoms. The zero-order valence-corrected chi connectivity index (χ0v) is 6.76. The molecule has 0 amide bonds. The predicted molar refractivity (Wildman–Crippen MR) is 38.9 cm³/mol. The summed E-state index contributed by atoms with van der Waals surface area (Å²) in [4.78, 5) is 0. The summed E-state index contributed by atoms with van der Waals surface area (Å²) in [5.74, 6) is -1.06. The monoisotopic (exact) mass is 189 g/mol. The van der Waals surface area contributed by atoms with Gasteiger partial charge in [-0.15, -0.1) is 12.4 Å². The zero-order valence-electron chi connectivity index (χ0n) is 5.95. The molecule has 1 saturated heterocycles. The van der Waals surface area contributed by atoms with E-state index < -0.39 is 12.1 Å². The average Bonchev–Trinajstić information content (AvgIpc) is 1.88. The summed E-state index contributed by atoms with van der Waals surface area (Å²) in [5, 5.41) is 2.89. The van der Waals surface area contributed by atoms with E-state index in [-0.39, 0.29) is 25.2 Å². The standard InChI is InChI=1S/C6H10F3N.ClH/c7-6(8,9)5-1-3-10-4-2-5;/h5,10H,1-4H2;1H. The van der Waals surface area contributed by atoms with Crippen LogP contribution in [0.15, 0.2) is 0 Å². The van der Waals surface area contributed by atoms with Crippen LogP contribution in [0.3, 0.4) is 0 Å². The number of hydrogen-bond acceptors (Lipinski definition) is 1. The number of alkyl halides is 3. The number of halogens is 4. The molecule has 1 nitrogen and oxygen atoms in total. The molecule has 1 N–H and O–H groups in total. The molecule has 0 unspecified atom stereocenters. The maximum atomic E-state index is 11.9. The molecule has 1 aliphatic heterocycles. The van der Waals surface area contributed by atoms with Crippen molar-refractivity contribution in [1.29, 1.82) is 0 Å². The van der Waals surface area contributed by atoms with E-state index in [0.717, 1.165) is 0 Å². The fourth-order valence-corrected chi connectivity index (χ4v) is 1.15. The van der Waals surface area contributed by atoms with E-state index in [1.165, 1.54) is 0 Å². The van der Waals surface area contributed by atoms with E-state index in [9.17, 15) is 13.2 Å². The summed E-state index contributed by atoms with van der Waals surface area (Å²) in [6.07, 6.45) is -3.49. The molecule has 1 aliphatic rings. The van der Waals surface area contributed by atoms with E-state index in [1.54, 1.807) is 0 Å². The predicted octanol–water partition coefficient (Wildman–Crippen LogP) is 1.97. The molecule has 0 aliphatic carbocycles. The van der Waals surface area contributed by atoms with E-state index in [0.29, 0.717) is 13.1 Å². The number of rotatable bonds is 0. The molecular formula is C6H11ClF3N. The number of nitrogens with one attached hydrogen (secondary N) is 1. The van der Waals surface area contributed by atoms with Crippen molar-refractivity contribution in [1.82, 2.24) is 5.32 Å². The number of hydrogen-bond donors (Lipinski definition) is 1. The lowest BCUT2D eigenvalue weighted by molar-refractivity contribution is -0.180. The molecule has 5 heteroatoms. The first kappa shape index (κ1) is 11.0. The Balaban J connectivity index is 0.000001000. The van der Waals surface area contributed by atoms with Crippen molar-refractivity contribution in [2.75, 3.05) is 13.1 Å². The van der Waals surface area contributed by atoms with Gasteiger partial charge in [-0.05, 0) is 25.9 Å². The first-order chi connectivity index (χ1) is 4.61. The molecule has 1 heterocycles. The topological polar surface area (TPSA) is 12.0 Å². The van der Waals surface area contributed by atoms with Crippen LogP contribution in [0.2, 0.25) is 0 Å². The first-order valence-corrected chi connectivity index (χ1v) is 3.38. The summed E-state index contributed by atoms with van der Waals surface area (Å²) >= 11 is 0. The Morgan fingerprint density at radius 3 is 1.82 bits per heavy atom. The van der Waals surface area contributed by atoms with Crippen LogP contribution in [-0.4, -0.2) is 19.3 Å². The van der Waals surface area contributed by atoms with Crippen molar-refractivity contribution in [3.05, 3.63) is 0 Å². The van der Waals surface area contributed by atoms with Crippen molar-refractivity contribution >= 4 is 12.4 Å². The first-order valence-electron chi connectivity index (χ1n) is 3.38.